The van der Waals surface area contributed by atoms with E-state index in [-0.39, 0.29) is 25.7 Å². The summed E-state index contributed by atoms with van der Waals surface area (Å²) in [5.41, 5.74) is 13.4. The van der Waals surface area contributed by atoms with E-state index in [4.69, 9.17) is 30.5 Å². The fraction of sp³-hybridized carbons (Fsp3) is 0.923. The molecule has 134 valence electrons. The Morgan fingerprint density at radius 2 is 1.74 bits per heavy atom. The number of azide groups is 1. The van der Waals surface area contributed by atoms with Gasteiger partial charge in [-0.15, -0.1) is 0 Å². The van der Waals surface area contributed by atoms with E-state index in [2.05, 4.69) is 15.3 Å². The van der Waals surface area contributed by atoms with E-state index >= 15 is 0 Å². The van der Waals surface area contributed by atoms with Crippen molar-refractivity contribution in [2.24, 2.45) is 10.8 Å². The van der Waals surface area contributed by atoms with Crippen LogP contribution in [0.1, 0.15) is 19.3 Å². The molecule has 0 bridgehead atoms. The highest BCUT2D eigenvalue weighted by atomic mass is 17.2. The van der Waals surface area contributed by atoms with E-state index in [9.17, 15) is 4.79 Å². The van der Waals surface area contributed by atoms with Crippen LogP contribution in [0.5, 0.6) is 0 Å². The van der Waals surface area contributed by atoms with Crippen LogP contribution < -0.4 is 11.1 Å². The van der Waals surface area contributed by atoms with Gasteiger partial charge < -0.3 is 20.5 Å². The topological polar surface area (TPSA) is 141 Å². The van der Waals surface area contributed by atoms with E-state index in [1.807, 2.05) is 0 Å². The first-order valence-corrected chi connectivity index (χ1v) is 7.68. The zero-order valence-electron chi connectivity index (χ0n) is 13.4. The number of nitrogens with two attached hydrogens (primary N) is 1. The number of hydrogen-bond donors (Lipinski definition) is 2. The van der Waals surface area contributed by atoms with Crippen molar-refractivity contribution >= 4 is 5.91 Å². The maximum absolute atomic E-state index is 11.4. The summed E-state index contributed by atoms with van der Waals surface area (Å²) in [5.74, 6) is -0.0192. The monoisotopic (exact) mass is 333 g/mol. The van der Waals surface area contributed by atoms with Gasteiger partial charge in [-0.2, -0.15) is 0 Å². The highest BCUT2D eigenvalue weighted by molar-refractivity contribution is 5.75. The number of amides is 1. The summed E-state index contributed by atoms with van der Waals surface area (Å²) in [6.07, 6.45) is 2.15. The van der Waals surface area contributed by atoms with Gasteiger partial charge in [0.25, 0.3) is 0 Å². The lowest BCUT2D eigenvalue weighted by Gasteiger charge is -2.07. The van der Waals surface area contributed by atoms with Crippen LogP contribution in [0.4, 0.5) is 0 Å². The van der Waals surface area contributed by atoms with Crippen molar-refractivity contribution < 1.29 is 24.0 Å². The number of hydrogen-bond acceptors (Lipinski definition) is 7. The Morgan fingerprint density at radius 3 is 2.48 bits per heavy atom. The second-order valence-corrected chi connectivity index (χ2v) is 4.42. The Kier molecular flexibility index (Phi) is 17.5. The largest absolute Gasteiger partial charge is 0.379 e. The molecule has 10 heteroatoms. The molecule has 0 heterocycles. The van der Waals surface area contributed by atoms with E-state index < -0.39 is 0 Å². The minimum absolute atomic E-state index is 0.0192. The molecular formula is C13H27N5O5. The van der Waals surface area contributed by atoms with Crippen molar-refractivity contribution in [3.63, 3.8) is 0 Å². The Labute approximate surface area is 136 Å². The number of unbranched alkanes of at least 4 members (excludes halogenated alkanes) is 1. The van der Waals surface area contributed by atoms with Crippen molar-refractivity contribution in [1.82, 2.24) is 5.32 Å². The summed E-state index contributed by atoms with van der Waals surface area (Å²) < 4.78 is 10.5. The maximum atomic E-state index is 11.4. The van der Waals surface area contributed by atoms with Gasteiger partial charge in [-0.3, -0.25) is 4.79 Å². The molecule has 0 fully saturated rings. The van der Waals surface area contributed by atoms with Crippen LogP contribution in [0.15, 0.2) is 5.11 Å². The minimum Gasteiger partial charge on any atom is -0.379 e. The lowest BCUT2D eigenvalue weighted by atomic mass is 10.3. The smallest absolute Gasteiger partial charge is 0.222 e. The fourth-order valence-corrected chi connectivity index (χ4v) is 1.41. The summed E-state index contributed by atoms with van der Waals surface area (Å²) in [4.78, 5) is 23.5. The number of carbonyl (C=O) groups is 1. The highest BCUT2D eigenvalue weighted by Gasteiger charge is 2.00. The number of rotatable bonds is 17. The van der Waals surface area contributed by atoms with Crippen LogP contribution in [0, 0.1) is 0 Å². The SMILES string of the molecule is [N-]=[N+]=NCCOOCCOCCOCCC(=O)NCCCCN. The third-order valence-electron chi connectivity index (χ3n) is 2.53. The van der Waals surface area contributed by atoms with Crippen LogP contribution in [0.25, 0.3) is 10.4 Å². The molecule has 3 N–H and O–H groups in total. The van der Waals surface area contributed by atoms with Crippen LogP contribution in [-0.2, 0) is 24.0 Å². The lowest BCUT2D eigenvalue weighted by molar-refractivity contribution is -0.297. The molecule has 0 saturated heterocycles. The summed E-state index contributed by atoms with van der Waals surface area (Å²) in [7, 11) is 0. The van der Waals surface area contributed by atoms with Crippen molar-refractivity contribution in [3.8, 4) is 0 Å². The lowest BCUT2D eigenvalue weighted by Crippen LogP contribution is -2.26. The maximum Gasteiger partial charge on any atom is 0.222 e. The normalized spacial score (nSPS) is 10.3. The first-order chi connectivity index (χ1) is 11.3. The number of carbonyl (C=O) groups excluding carboxylic acids is 1. The quantitative estimate of drug-likeness (QED) is 0.0992. The molecule has 23 heavy (non-hydrogen) atoms. The molecule has 1 amide bonds. The summed E-state index contributed by atoms with van der Waals surface area (Å²) in [5, 5.41) is 6.08. The van der Waals surface area contributed by atoms with Gasteiger partial charge in [0.2, 0.25) is 5.91 Å². The van der Waals surface area contributed by atoms with Crippen molar-refractivity contribution in [2.75, 3.05) is 59.3 Å². The van der Waals surface area contributed by atoms with Crippen LogP contribution in [-0.4, -0.2) is 65.2 Å². The van der Waals surface area contributed by atoms with Crippen molar-refractivity contribution in [1.29, 1.82) is 0 Å². The predicted molar refractivity (Wildman–Crippen MR) is 83.5 cm³/mol. The van der Waals surface area contributed by atoms with E-state index in [0.717, 1.165) is 12.8 Å². The van der Waals surface area contributed by atoms with E-state index in [1.165, 1.54) is 0 Å². The van der Waals surface area contributed by atoms with Gasteiger partial charge >= 0.3 is 0 Å². The molecule has 0 atom stereocenters. The zero-order valence-corrected chi connectivity index (χ0v) is 13.4. The molecule has 0 radical (unpaired) electrons. The fourth-order valence-electron chi connectivity index (χ4n) is 1.41. The van der Waals surface area contributed by atoms with E-state index in [1.54, 1.807) is 0 Å². The summed E-state index contributed by atoms with van der Waals surface area (Å²) in [6.45, 7) is 3.58. The molecule has 0 aliphatic rings. The van der Waals surface area contributed by atoms with Gasteiger partial charge in [-0.1, -0.05) is 5.11 Å². The molecule has 0 aromatic heterocycles. The average Bonchev–Trinajstić information content (AvgIpc) is 2.56. The first-order valence-electron chi connectivity index (χ1n) is 7.68. The Hall–Kier alpha value is -1.42. The van der Waals surface area contributed by atoms with Gasteiger partial charge in [0, 0.05) is 17.9 Å². The van der Waals surface area contributed by atoms with Gasteiger partial charge in [0.15, 0.2) is 0 Å². The molecule has 0 aliphatic carbocycles. The van der Waals surface area contributed by atoms with Crippen molar-refractivity contribution in [3.05, 3.63) is 10.4 Å². The molecule has 0 aromatic carbocycles. The van der Waals surface area contributed by atoms with Crippen molar-refractivity contribution in [2.45, 2.75) is 19.3 Å². The van der Waals surface area contributed by atoms with Crippen LogP contribution in [0.2, 0.25) is 0 Å². The molecule has 10 nitrogen and oxygen atoms in total. The van der Waals surface area contributed by atoms with Gasteiger partial charge in [-0.25, -0.2) is 9.78 Å². The minimum atomic E-state index is -0.0192. The second kappa shape index (κ2) is 18.6. The zero-order chi connectivity index (χ0) is 17.0. The van der Waals surface area contributed by atoms with Gasteiger partial charge in [0.05, 0.1) is 39.6 Å². The van der Waals surface area contributed by atoms with Gasteiger partial charge in [-0.05, 0) is 24.9 Å². The summed E-state index contributed by atoms with van der Waals surface area (Å²) in [6, 6.07) is 0. The standard InChI is InChI=1S/C13H27N5O5/c14-4-1-2-5-16-13(19)3-7-20-9-10-21-11-12-23-22-8-6-17-18-15/h1-12,14H2,(H,16,19). The molecule has 0 spiro atoms. The second-order valence-electron chi connectivity index (χ2n) is 4.42. The third-order valence-corrected chi connectivity index (χ3v) is 2.53. The number of ether oxygens (including phenoxy) is 2. The highest BCUT2D eigenvalue weighted by Crippen LogP contribution is 1.88. The molecular weight excluding hydrogens is 306 g/mol. The predicted octanol–water partition coefficient (Wildman–Crippen LogP) is 0.523. The van der Waals surface area contributed by atoms with Crippen LogP contribution in [0.3, 0.4) is 0 Å². The third kappa shape index (κ3) is 18.5. The Balaban J connectivity index is 3.12. The summed E-state index contributed by atoms with van der Waals surface area (Å²) >= 11 is 0. The number of nitrogens with zero attached hydrogens (tertiary/aromatic N) is 3. The molecule has 0 aromatic rings. The molecule has 0 aliphatic heterocycles. The molecule has 0 unspecified atom stereocenters. The molecule has 0 rings (SSSR count). The Morgan fingerprint density at radius 1 is 1.04 bits per heavy atom. The molecule has 0 saturated carbocycles. The number of nitrogens with one attached hydrogen (secondary N) is 1. The first kappa shape index (κ1) is 21.6. The van der Waals surface area contributed by atoms with Gasteiger partial charge in [0.1, 0.15) is 6.61 Å². The van der Waals surface area contributed by atoms with E-state index in [0.29, 0.717) is 45.9 Å². The van der Waals surface area contributed by atoms with Crippen LogP contribution >= 0.6 is 0 Å². The Bertz CT molecular complexity index is 326. The average molecular weight is 333 g/mol.